The fourth-order valence-electron chi connectivity index (χ4n) is 3.69. The zero-order valence-corrected chi connectivity index (χ0v) is 16.1. The lowest BCUT2D eigenvalue weighted by molar-refractivity contribution is 0.174. The smallest absolute Gasteiger partial charge is 0.231 e. The van der Waals surface area contributed by atoms with Gasteiger partial charge in [0.2, 0.25) is 6.79 Å². The van der Waals surface area contributed by atoms with E-state index in [1.54, 1.807) is 6.33 Å². The number of anilines is 3. The summed E-state index contributed by atoms with van der Waals surface area (Å²) in [6.45, 7) is 5.20. The molecule has 0 bridgehead atoms. The van der Waals surface area contributed by atoms with Gasteiger partial charge in [0.05, 0.1) is 0 Å². The zero-order chi connectivity index (χ0) is 19.5. The van der Waals surface area contributed by atoms with Crippen molar-refractivity contribution < 1.29 is 9.47 Å². The van der Waals surface area contributed by atoms with Crippen molar-refractivity contribution in [2.75, 3.05) is 43.2 Å². The van der Waals surface area contributed by atoms with E-state index in [0.29, 0.717) is 0 Å². The minimum atomic E-state index is 0.271. The molecular formula is C22H23N5O2. The molecule has 2 aliphatic rings. The summed E-state index contributed by atoms with van der Waals surface area (Å²) in [5, 5.41) is 3.33. The summed E-state index contributed by atoms with van der Waals surface area (Å²) in [4.78, 5) is 13.6. The van der Waals surface area contributed by atoms with Crippen LogP contribution in [0.3, 0.4) is 0 Å². The van der Waals surface area contributed by atoms with Gasteiger partial charge in [0.25, 0.3) is 0 Å². The van der Waals surface area contributed by atoms with Crippen LogP contribution in [-0.4, -0.2) is 47.8 Å². The Balaban J connectivity index is 1.21. The Bertz CT molecular complexity index is 974. The van der Waals surface area contributed by atoms with Crippen LogP contribution in [0.2, 0.25) is 0 Å². The van der Waals surface area contributed by atoms with Crippen LogP contribution in [0.15, 0.2) is 60.9 Å². The maximum Gasteiger partial charge on any atom is 0.231 e. The molecule has 29 heavy (non-hydrogen) atoms. The molecular weight excluding hydrogens is 366 g/mol. The fourth-order valence-corrected chi connectivity index (χ4v) is 3.69. The summed E-state index contributed by atoms with van der Waals surface area (Å²) in [7, 11) is 0. The normalized spacial score (nSPS) is 16.1. The number of aromatic nitrogens is 2. The Morgan fingerprint density at radius 2 is 1.69 bits per heavy atom. The van der Waals surface area contributed by atoms with Gasteiger partial charge in [-0.1, -0.05) is 30.3 Å². The van der Waals surface area contributed by atoms with Gasteiger partial charge >= 0.3 is 0 Å². The van der Waals surface area contributed by atoms with Gasteiger partial charge in [0.1, 0.15) is 18.0 Å². The highest BCUT2D eigenvalue weighted by Gasteiger charge is 2.19. The third-order valence-corrected chi connectivity index (χ3v) is 5.24. The Labute approximate surface area is 169 Å². The number of nitrogens with one attached hydrogen (secondary N) is 1. The van der Waals surface area contributed by atoms with Crippen LogP contribution < -0.4 is 19.7 Å². The van der Waals surface area contributed by atoms with Crippen molar-refractivity contribution in [2.45, 2.75) is 6.54 Å². The molecule has 0 unspecified atom stereocenters. The monoisotopic (exact) mass is 389 g/mol. The van der Waals surface area contributed by atoms with Crippen LogP contribution in [0.4, 0.5) is 17.3 Å². The van der Waals surface area contributed by atoms with E-state index in [1.807, 2.05) is 24.3 Å². The van der Waals surface area contributed by atoms with Gasteiger partial charge in [-0.15, -0.1) is 0 Å². The second-order valence-electron chi connectivity index (χ2n) is 7.20. The number of hydrogen-bond donors (Lipinski definition) is 1. The second-order valence-corrected chi connectivity index (χ2v) is 7.20. The van der Waals surface area contributed by atoms with Crippen LogP contribution in [0, 0.1) is 0 Å². The van der Waals surface area contributed by atoms with Gasteiger partial charge in [0.15, 0.2) is 11.5 Å². The first kappa shape index (κ1) is 17.8. The predicted octanol–water partition coefficient (Wildman–Crippen LogP) is 3.27. The molecule has 2 aromatic carbocycles. The van der Waals surface area contributed by atoms with Crippen molar-refractivity contribution >= 4 is 17.3 Å². The highest BCUT2D eigenvalue weighted by molar-refractivity contribution is 5.63. The van der Waals surface area contributed by atoms with E-state index in [-0.39, 0.29) is 6.79 Å². The van der Waals surface area contributed by atoms with Crippen molar-refractivity contribution in [2.24, 2.45) is 0 Å². The Morgan fingerprint density at radius 1 is 0.862 bits per heavy atom. The number of fused-ring (bicyclic) bond motifs is 1. The van der Waals surface area contributed by atoms with Gasteiger partial charge in [-0.05, 0) is 17.7 Å². The minimum absolute atomic E-state index is 0.271. The Kier molecular flexibility index (Phi) is 4.88. The molecule has 0 saturated carbocycles. The summed E-state index contributed by atoms with van der Waals surface area (Å²) in [6.07, 6.45) is 1.61. The van der Waals surface area contributed by atoms with E-state index in [2.05, 4.69) is 55.4 Å². The molecule has 1 fully saturated rings. The number of benzene rings is 2. The van der Waals surface area contributed by atoms with E-state index in [9.17, 15) is 0 Å². The first-order valence-electron chi connectivity index (χ1n) is 9.83. The molecule has 0 radical (unpaired) electrons. The van der Waals surface area contributed by atoms with Gasteiger partial charge in [-0.2, -0.15) is 0 Å². The van der Waals surface area contributed by atoms with Gasteiger partial charge in [-0.3, -0.25) is 4.90 Å². The van der Waals surface area contributed by atoms with Crippen LogP contribution in [0.1, 0.15) is 5.56 Å². The molecule has 0 atom stereocenters. The summed E-state index contributed by atoms with van der Waals surface area (Å²) >= 11 is 0. The van der Waals surface area contributed by atoms with E-state index < -0.39 is 0 Å². The highest BCUT2D eigenvalue weighted by atomic mass is 16.7. The average Bonchev–Trinajstić information content (AvgIpc) is 3.23. The maximum atomic E-state index is 5.44. The summed E-state index contributed by atoms with van der Waals surface area (Å²) in [5.74, 6) is 3.23. The lowest BCUT2D eigenvalue weighted by Crippen LogP contribution is -2.46. The van der Waals surface area contributed by atoms with Crippen molar-refractivity contribution in [3.63, 3.8) is 0 Å². The number of piperazine rings is 1. The molecule has 0 aliphatic carbocycles. The van der Waals surface area contributed by atoms with Crippen LogP contribution in [0.25, 0.3) is 0 Å². The van der Waals surface area contributed by atoms with E-state index >= 15 is 0 Å². The molecule has 3 heterocycles. The highest BCUT2D eigenvalue weighted by Crippen LogP contribution is 2.35. The summed E-state index contributed by atoms with van der Waals surface area (Å²) in [6, 6.07) is 18.4. The molecule has 7 nitrogen and oxygen atoms in total. The minimum Gasteiger partial charge on any atom is -0.454 e. The third kappa shape index (κ3) is 4.09. The van der Waals surface area contributed by atoms with Crippen molar-refractivity contribution in [3.8, 4) is 11.5 Å². The molecule has 1 saturated heterocycles. The van der Waals surface area contributed by atoms with E-state index in [1.165, 1.54) is 5.56 Å². The van der Waals surface area contributed by atoms with Crippen LogP contribution in [0.5, 0.6) is 11.5 Å². The number of ether oxygens (including phenoxy) is 2. The van der Waals surface area contributed by atoms with Crippen LogP contribution >= 0.6 is 0 Å². The van der Waals surface area contributed by atoms with Crippen molar-refractivity contribution in [3.05, 3.63) is 66.5 Å². The van der Waals surface area contributed by atoms with E-state index in [4.69, 9.17) is 9.47 Å². The molecule has 7 heteroatoms. The Morgan fingerprint density at radius 3 is 2.55 bits per heavy atom. The Hall–Kier alpha value is -3.32. The molecule has 5 rings (SSSR count). The molecule has 0 amide bonds. The molecule has 3 aromatic rings. The first-order valence-corrected chi connectivity index (χ1v) is 9.83. The number of hydrogen-bond acceptors (Lipinski definition) is 7. The zero-order valence-electron chi connectivity index (χ0n) is 16.1. The second kappa shape index (κ2) is 7.97. The van der Waals surface area contributed by atoms with Gasteiger partial charge in [-0.25, -0.2) is 9.97 Å². The summed E-state index contributed by atoms with van der Waals surface area (Å²) < 4.78 is 10.8. The van der Waals surface area contributed by atoms with E-state index in [0.717, 1.165) is 61.5 Å². The molecule has 1 N–H and O–H groups in total. The molecule has 0 spiro atoms. The number of rotatable bonds is 5. The van der Waals surface area contributed by atoms with Crippen molar-refractivity contribution in [1.82, 2.24) is 14.9 Å². The first-order chi connectivity index (χ1) is 14.3. The third-order valence-electron chi connectivity index (χ3n) is 5.24. The lowest BCUT2D eigenvalue weighted by atomic mass is 10.2. The van der Waals surface area contributed by atoms with Crippen molar-refractivity contribution in [1.29, 1.82) is 0 Å². The SMILES string of the molecule is c1ccc(CN2CCN(c3cc(Nc4ccc5c(c4)OCO5)ncn3)CC2)cc1. The lowest BCUT2D eigenvalue weighted by Gasteiger charge is -2.35. The number of nitrogens with zero attached hydrogens (tertiary/aromatic N) is 4. The average molecular weight is 389 g/mol. The molecule has 148 valence electrons. The quantitative estimate of drug-likeness (QED) is 0.718. The largest absolute Gasteiger partial charge is 0.454 e. The maximum absolute atomic E-state index is 5.44. The van der Waals surface area contributed by atoms with Crippen LogP contribution in [-0.2, 0) is 6.54 Å². The fraction of sp³-hybridized carbons (Fsp3) is 0.273. The van der Waals surface area contributed by atoms with Gasteiger partial charge in [0, 0.05) is 50.5 Å². The molecule has 1 aromatic heterocycles. The van der Waals surface area contributed by atoms with Gasteiger partial charge < -0.3 is 19.7 Å². The topological polar surface area (TPSA) is 62.8 Å². The predicted molar refractivity (Wildman–Crippen MR) is 112 cm³/mol. The standard InChI is InChI=1S/C22H23N5O2/c1-2-4-17(5-3-1)14-26-8-10-27(11-9-26)22-13-21(23-15-24-22)25-18-6-7-19-20(12-18)29-16-28-19/h1-7,12-13,15H,8-11,14,16H2,(H,23,24,25). The molecule has 2 aliphatic heterocycles. The summed E-state index contributed by atoms with van der Waals surface area (Å²) in [5.41, 5.74) is 2.27.